The largest absolute Gasteiger partial charge is 0.329 e. The van der Waals surface area contributed by atoms with Gasteiger partial charge in [-0.25, -0.2) is 8.42 Å². The van der Waals surface area contributed by atoms with Gasteiger partial charge in [-0.1, -0.05) is 18.0 Å². The summed E-state index contributed by atoms with van der Waals surface area (Å²) in [6.07, 6.45) is 2.72. The van der Waals surface area contributed by atoms with Crippen LogP contribution in [0, 0.1) is 0 Å². The maximum atomic E-state index is 12.7. The van der Waals surface area contributed by atoms with Crippen molar-refractivity contribution in [3.63, 3.8) is 0 Å². The lowest BCUT2D eigenvalue weighted by molar-refractivity contribution is 0.257. The van der Waals surface area contributed by atoms with Crippen LogP contribution in [-0.4, -0.2) is 31.9 Å². The second-order valence-electron chi connectivity index (χ2n) is 4.58. The maximum Gasteiger partial charge on any atom is 0.244 e. The summed E-state index contributed by atoms with van der Waals surface area (Å²) < 4.78 is 27.4. The van der Waals surface area contributed by atoms with E-state index in [4.69, 9.17) is 17.3 Å². The van der Waals surface area contributed by atoms with Crippen molar-refractivity contribution >= 4 is 37.6 Å². The SMILES string of the molecule is NCC1CCCCN1S(=O)(=O)c1ccc(Cl)cc1Br. The van der Waals surface area contributed by atoms with Crippen molar-refractivity contribution in [1.82, 2.24) is 4.31 Å². The number of benzene rings is 1. The Morgan fingerprint density at radius 1 is 1.42 bits per heavy atom. The number of nitrogens with zero attached hydrogens (tertiary/aromatic N) is 1. The van der Waals surface area contributed by atoms with E-state index in [-0.39, 0.29) is 10.9 Å². The van der Waals surface area contributed by atoms with Gasteiger partial charge in [0.1, 0.15) is 0 Å². The summed E-state index contributed by atoms with van der Waals surface area (Å²) in [4.78, 5) is 0.247. The molecule has 0 spiro atoms. The Hall–Kier alpha value is -0.140. The van der Waals surface area contributed by atoms with E-state index in [0.717, 1.165) is 19.3 Å². The number of nitrogens with two attached hydrogens (primary N) is 1. The summed E-state index contributed by atoms with van der Waals surface area (Å²) in [6, 6.07) is 4.60. The first-order chi connectivity index (χ1) is 8.96. The van der Waals surface area contributed by atoms with Gasteiger partial charge in [0, 0.05) is 28.6 Å². The van der Waals surface area contributed by atoms with E-state index in [1.807, 2.05) is 0 Å². The smallest absolute Gasteiger partial charge is 0.244 e. The normalized spacial score (nSPS) is 21.5. The van der Waals surface area contributed by atoms with Crippen LogP contribution in [0.15, 0.2) is 27.6 Å². The summed E-state index contributed by atoms with van der Waals surface area (Å²) in [6.45, 7) is 0.879. The summed E-state index contributed by atoms with van der Waals surface area (Å²) >= 11 is 9.12. The Labute approximate surface area is 127 Å². The Balaban J connectivity index is 2.40. The van der Waals surface area contributed by atoms with E-state index in [1.165, 1.54) is 10.4 Å². The standard InChI is InChI=1S/C12H16BrClN2O2S/c13-11-7-9(14)4-5-12(11)19(17,18)16-6-2-1-3-10(16)8-15/h4-5,7,10H,1-3,6,8,15H2. The minimum Gasteiger partial charge on any atom is -0.329 e. The first kappa shape index (κ1) is 15.3. The molecule has 1 aliphatic rings. The molecule has 0 aliphatic carbocycles. The van der Waals surface area contributed by atoms with Gasteiger partial charge in [-0.3, -0.25) is 0 Å². The van der Waals surface area contributed by atoms with Gasteiger partial charge in [0.15, 0.2) is 0 Å². The quantitative estimate of drug-likeness (QED) is 0.893. The van der Waals surface area contributed by atoms with E-state index >= 15 is 0 Å². The van der Waals surface area contributed by atoms with Crippen LogP contribution in [0.2, 0.25) is 5.02 Å². The number of hydrogen-bond acceptors (Lipinski definition) is 3. The number of halogens is 2. The highest BCUT2D eigenvalue weighted by molar-refractivity contribution is 9.10. The summed E-state index contributed by atoms with van der Waals surface area (Å²) in [5, 5.41) is 0.500. The fourth-order valence-electron chi connectivity index (χ4n) is 2.34. The first-order valence-electron chi connectivity index (χ1n) is 6.14. The van der Waals surface area contributed by atoms with E-state index in [9.17, 15) is 8.42 Å². The molecule has 0 radical (unpaired) electrons. The second kappa shape index (κ2) is 6.10. The third-order valence-corrected chi connectivity index (χ3v) is 6.49. The van der Waals surface area contributed by atoms with E-state index < -0.39 is 10.0 Å². The minimum absolute atomic E-state index is 0.110. The van der Waals surface area contributed by atoms with Crippen LogP contribution in [-0.2, 0) is 10.0 Å². The number of hydrogen-bond donors (Lipinski definition) is 1. The second-order valence-corrected chi connectivity index (χ2v) is 7.73. The van der Waals surface area contributed by atoms with Crippen molar-refractivity contribution in [3.8, 4) is 0 Å². The molecule has 0 aromatic heterocycles. The van der Waals surface area contributed by atoms with Crippen molar-refractivity contribution in [1.29, 1.82) is 0 Å². The van der Waals surface area contributed by atoms with Gasteiger partial charge in [-0.2, -0.15) is 4.31 Å². The molecule has 1 fully saturated rings. The molecule has 1 saturated heterocycles. The monoisotopic (exact) mass is 366 g/mol. The summed E-state index contributed by atoms with van der Waals surface area (Å²) in [5.74, 6) is 0. The summed E-state index contributed by atoms with van der Waals surface area (Å²) in [7, 11) is -3.52. The Bertz CT molecular complexity index is 565. The lowest BCUT2D eigenvalue weighted by Gasteiger charge is -2.34. The van der Waals surface area contributed by atoms with Crippen molar-refractivity contribution < 1.29 is 8.42 Å². The molecule has 7 heteroatoms. The molecular weight excluding hydrogens is 352 g/mol. The van der Waals surface area contributed by atoms with Crippen LogP contribution in [0.4, 0.5) is 0 Å². The molecule has 2 rings (SSSR count). The third-order valence-electron chi connectivity index (χ3n) is 3.33. The zero-order valence-corrected chi connectivity index (χ0v) is 13.5. The molecule has 4 nitrogen and oxygen atoms in total. The van der Waals surface area contributed by atoms with Crippen molar-refractivity contribution in [2.75, 3.05) is 13.1 Å². The highest BCUT2D eigenvalue weighted by Gasteiger charge is 2.33. The minimum atomic E-state index is -3.52. The van der Waals surface area contributed by atoms with Crippen LogP contribution in [0.1, 0.15) is 19.3 Å². The molecule has 1 unspecified atom stereocenters. The molecule has 0 saturated carbocycles. The van der Waals surface area contributed by atoms with Crippen LogP contribution in [0.5, 0.6) is 0 Å². The molecule has 106 valence electrons. The van der Waals surface area contributed by atoms with Crippen molar-refractivity contribution in [2.45, 2.75) is 30.2 Å². The van der Waals surface area contributed by atoms with Gasteiger partial charge in [0.25, 0.3) is 0 Å². The summed E-state index contributed by atoms with van der Waals surface area (Å²) in [5.41, 5.74) is 5.69. The number of sulfonamides is 1. The van der Waals surface area contributed by atoms with Crippen LogP contribution in [0.3, 0.4) is 0 Å². The number of rotatable bonds is 3. The first-order valence-corrected chi connectivity index (χ1v) is 8.75. The molecular formula is C12H16BrClN2O2S. The van der Waals surface area contributed by atoms with Crippen LogP contribution < -0.4 is 5.73 Å². The predicted octanol–water partition coefficient (Wildman–Crippen LogP) is 2.60. The zero-order chi connectivity index (χ0) is 14.0. The molecule has 1 atom stereocenters. The van der Waals surface area contributed by atoms with Crippen LogP contribution >= 0.6 is 27.5 Å². The lowest BCUT2D eigenvalue weighted by Crippen LogP contribution is -2.47. The molecule has 19 heavy (non-hydrogen) atoms. The third kappa shape index (κ3) is 3.13. The maximum absolute atomic E-state index is 12.7. The predicted molar refractivity (Wildman–Crippen MR) is 79.7 cm³/mol. The van der Waals surface area contributed by atoms with Gasteiger partial charge >= 0.3 is 0 Å². The molecule has 0 bridgehead atoms. The topological polar surface area (TPSA) is 63.4 Å². The lowest BCUT2D eigenvalue weighted by atomic mass is 10.1. The average Bonchev–Trinajstić information content (AvgIpc) is 2.38. The zero-order valence-electron chi connectivity index (χ0n) is 10.4. The Kier molecular flexibility index (Phi) is 4.89. The van der Waals surface area contributed by atoms with Gasteiger partial charge in [0.05, 0.1) is 4.90 Å². The average molecular weight is 368 g/mol. The number of piperidine rings is 1. The molecule has 0 amide bonds. The molecule has 1 heterocycles. The van der Waals surface area contributed by atoms with E-state index in [2.05, 4.69) is 15.9 Å². The van der Waals surface area contributed by atoms with E-state index in [1.54, 1.807) is 12.1 Å². The van der Waals surface area contributed by atoms with Gasteiger partial charge in [0.2, 0.25) is 10.0 Å². The Morgan fingerprint density at radius 3 is 2.79 bits per heavy atom. The van der Waals surface area contributed by atoms with Gasteiger partial charge in [-0.05, 0) is 47.0 Å². The molecule has 1 aromatic carbocycles. The van der Waals surface area contributed by atoms with Crippen molar-refractivity contribution in [2.24, 2.45) is 5.73 Å². The van der Waals surface area contributed by atoms with E-state index in [0.29, 0.717) is 22.6 Å². The van der Waals surface area contributed by atoms with Crippen molar-refractivity contribution in [3.05, 3.63) is 27.7 Å². The Morgan fingerprint density at radius 2 is 2.16 bits per heavy atom. The van der Waals surface area contributed by atoms with Crippen LogP contribution in [0.25, 0.3) is 0 Å². The highest BCUT2D eigenvalue weighted by Crippen LogP contribution is 2.31. The molecule has 1 aromatic rings. The fourth-order valence-corrected chi connectivity index (χ4v) is 5.38. The molecule has 1 aliphatic heterocycles. The van der Waals surface area contributed by atoms with Gasteiger partial charge in [-0.15, -0.1) is 0 Å². The highest BCUT2D eigenvalue weighted by atomic mass is 79.9. The fraction of sp³-hybridized carbons (Fsp3) is 0.500. The molecule has 2 N–H and O–H groups in total. The van der Waals surface area contributed by atoms with Gasteiger partial charge < -0.3 is 5.73 Å².